The van der Waals surface area contributed by atoms with Gasteiger partial charge in [-0.3, -0.25) is 0 Å². The molecule has 1 unspecified atom stereocenters. The smallest absolute Gasteiger partial charge is 0.00751 e. The summed E-state index contributed by atoms with van der Waals surface area (Å²) >= 11 is 0. The molecule has 0 spiro atoms. The fourth-order valence-electron chi connectivity index (χ4n) is 3.31. The van der Waals surface area contributed by atoms with E-state index < -0.39 is 0 Å². The topological polar surface area (TPSA) is 12.0 Å². The molecule has 3 aliphatic carbocycles. The van der Waals surface area contributed by atoms with Crippen molar-refractivity contribution in [2.24, 2.45) is 17.3 Å². The SMILES string of the molecule is CC(C)NC1C[C@@H]2C[C@H](C1)C2(C)C. The Balaban J connectivity index is 1.90. The Kier molecular flexibility index (Phi) is 2.18. The second kappa shape index (κ2) is 2.98. The van der Waals surface area contributed by atoms with E-state index in [1.807, 2.05) is 0 Å². The van der Waals surface area contributed by atoms with Crippen molar-refractivity contribution in [3.05, 3.63) is 0 Å². The predicted molar refractivity (Wildman–Crippen MR) is 56.7 cm³/mol. The summed E-state index contributed by atoms with van der Waals surface area (Å²) in [5.74, 6) is 2.00. The minimum absolute atomic E-state index is 0.658. The fourth-order valence-corrected chi connectivity index (χ4v) is 3.31. The number of hydrogen-bond donors (Lipinski definition) is 1. The minimum atomic E-state index is 0.658. The Labute approximate surface area is 82.3 Å². The molecule has 0 radical (unpaired) electrons. The van der Waals surface area contributed by atoms with Crippen LogP contribution in [0.2, 0.25) is 0 Å². The first-order valence-electron chi connectivity index (χ1n) is 5.76. The van der Waals surface area contributed by atoms with E-state index in [-0.39, 0.29) is 0 Å². The van der Waals surface area contributed by atoms with Crippen LogP contribution < -0.4 is 5.32 Å². The molecule has 1 heteroatoms. The third-order valence-electron chi connectivity index (χ3n) is 4.38. The second-order valence-corrected chi connectivity index (χ2v) is 5.94. The molecule has 0 aliphatic heterocycles. The number of fused-ring (bicyclic) bond motifs is 2. The van der Waals surface area contributed by atoms with Crippen LogP contribution in [0, 0.1) is 17.3 Å². The minimum Gasteiger partial charge on any atom is -0.312 e. The van der Waals surface area contributed by atoms with E-state index in [0.717, 1.165) is 17.9 Å². The van der Waals surface area contributed by atoms with Crippen molar-refractivity contribution in [3.63, 3.8) is 0 Å². The van der Waals surface area contributed by atoms with Gasteiger partial charge in [-0.25, -0.2) is 0 Å². The van der Waals surface area contributed by atoms with Crippen molar-refractivity contribution < 1.29 is 0 Å². The summed E-state index contributed by atoms with van der Waals surface area (Å²) in [6.07, 6.45) is 4.34. The standard InChI is InChI=1S/C12H23N/c1-8(2)13-11-6-9-5-10(7-11)12(9,3)4/h8-11,13H,5-7H2,1-4H3/t9-,10+,11?. The van der Waals surface area contributed by atoms with Crippen LogP contribution in [0.15, 0.2) is 0 Å². The van der Waals surface area contributed by atoms with Crippen LogP contribution in [-0.4, -0.2) is 12.1 Å². The van der Waals surface area contributed by atoms with E-state index in [1.165, 1.54) is 19.3 Å². The highest BCUT2D eigenvalue weighted by atomic mass is 14.9. The van der Waals surface area contributed by atoms with Crippen LogP contribution in [0.25, 0.3) is 0 Å². The van der Waals surface area contributed by atoms with Gasteiger partial charge in [-0.15, -0.1) is 0 Å². The van der Waals surface area contributed by atoms with Crippen LogP contribution in [0.5, 0.6) is 0 Å². The van der Waals surface area contributed by atoms with Crippen LogP contribution in [-0.2, 0) is 0 Å². The zero-order valence-corrected chi connectivity index (χ0v) is 9.43. The summed E-state index contributed by atoms with van der Waals surface area (Å²) in [5, 5.41) is 3.68. The zero-order chi connectivity index (χ0) is 9.64. The van der Waals surface area contributed by atoms with E-state index in [2.05, 4.69) is 33.0 Å². The summed E-state index contributed by atoms with van der Waals surface area (Å²) in [7, 11) is 0. The van der Waals surface area contributed by atoms with Gasteiger partial charge in [0.1, 0.15) is 0 Å². The summed E-state index contributed by atoms with van der Waals surface area (Å²) in [4.78, 5) is 0. The molecule has 2 bridgehead atoms. The highest BCUT2D eigenvalue weighted by molar-refractivity contribution is 5.03. The molecule has 3 rings (SSSR count). The Hall–Kier alpha value is -0.0400. The van der Waals surface area contributed by atoms with Crippen molar-refractivity contribution in [1.82, 2.24) is 5.32 Å². The van der Waals surface area contributed by atoms with Gasteiger partial charge >= 0.3 is 0 Å². The second-order valence-electron chi connectivity index (χ2n) is 5.94. The first kappa shape index (κ1) is 9.51. The predicted octanol–water partition coefficient (Wildman–Crippen LogP) is 2.81. The zero-order valence-electron chi connectivity index (χ0n) is 9.43. The molecule has 0 aromatic rings. The fraction of sp³-hybridized carbons (Fsp3) is 1.00. The number of rotatable bonds is 2. The van der Waals surface area contributed by atoms with Crippen molar-refractivity contribution in [2.45, 2.75) is 59.0 Å². The lowest BCUT2D eigenvalue weighted by Crippen LogP contribution is -2.56. The monoisotopic (exact) mass is 181 g/mol. The third kappa shape index (κ3) is 1.52. The highest BCUT2D eigenvalue weighted by Gasteiger charge is 2.52. The Bertz CT molecular complexity index is 181. The molecule has 0 amide bonds. The molecule has 3 aliphatic rings. The van der Waals surface area contributed by atoms with Crippen molar-refractivity contribution in [1.29, 1.82) is 0 Å². The van der Waals surface area contributed by atoms with Gasteiger partial charge in [0.2, 0.25) is 0 Å². The van der Waals surface area contributed by atoms with E-state index >= 15 is 0 Å². The molecule has 13 heavy (non-hydrogen) atoms. The first-order valence-corrected chi connectivity index (χ1v) is 5.76. The number of nitrogens with one attached hydrogen (secondary N) is 1. The Morgan fingerprint density at radius 2 is 1.62 bits per heavy atom. The van der Waals surface area contributed by atoms with Crippen LogP contribution >= 0.6 is 0 Å². The Morgan fingerprint density at radius 3 is 2.00 bits per heavy atom. The van der Waals surface area contributed by atoms with Gasteiger partial charge in [0, 0.05) is 12.1 Å². The molecule has 76 valence electrons. The molecule has 0 aromatic heterocycles. The molecule has 1 nitrogen and oxygen atoms in total. The maximum absolute atomic E-state index is 3.68. The molecular formula is C12H23N. The van der Waals surface area contributed by atoms with Gasteiger partial charge < -0.3 is 5.32 Å². The third-order valence-corrected chi connectivity index (χ3v) is 4.38. The van der Waals surface area contributed by atoms with Gasteiger partial charge in [-0.2, -0.15) is 0 Å². The molecular weight excluding hydrogens is 158 g/mol. The van der Waals surface area contributed by atoms with E-state index in [0.29, 0.717) is 11.5 Å². The summed E-state index contributed by atoms with van der Waals surface area (Å²) in [6, 6.07) is 1.47. The molecule has 3 atom stereocenters. The summed E-state index contributed by atoms with van der Waals surface area (Å²) in [5.41, 5.74) is 0.662. The molecule has 3 fully saturated rings. The molecule has 1 N–H and O–H groups in total. The summed E-state index contributed by atoms with van der Waals surface area (Å²) in [6.45, 7) is 9.42. The van der Waals surface area contributed by atoms with Crippen LogP contribution in [0.3, 0.4) is 0 Å². The first-order chi connectivity index (χ1) is 6.00. The van der Waals surface area contributed by atoms with E-state index in [1.54, 1.807) is 0 Å². The van der Waals surface area contributed by atoms with E-state index in [4.69, 9.17) is 0 Å². The van der Waals surface area contributed by atoms with Crippen LogP contribution in [0.4, 0.5) is 0 Å². The lowest BCUT2D eigenvalue weighted by Gasteiger charge is -2.59. The van der Waals surface area contributed by atoms with Crippen molar-refractivity contribution in [2.75, 3.05) is 0 Å². The van der Waals surface area contributed by atoms with Gasteiger partial charge in [0.25, 0.3) is 0 Å². The van der Waals surface area contributed by atoms with Crippen molar-refractivity contribution in [3.8, 4) is 0 Å². The lowest BCUT2D eigenvalue weighted by molar-refractivity contribution is -0.0795. The largest absolute Gasteiger partial charge is 0.312 e. The highest BCUT2D eigenvalue weighted by Crippen LogP contribution is 2.58. The average Bonchev–Trinajstić information content (AvgIpc) is 2.03. The van der Waals surface area contributed by atoms with Gasteiger partial charge in [-0.1, -0.05) is 27.7 Å². The van der Waals surface area contributed by atoms with Gasteiger partial charge in [0.05, 0.1) is 0 Å². The molecule has 0 heterocycles. The quantitative estimate of drug-likeness (QED) is 0.690. The summed E-state index contributed by atoms with van der Waals surface area (Å²) < 4.78 is 0. The van der Waals surface area contributed by atoms with E-state index in [9.17, 15) is 0 Å². The Morgan fingerprint density at radius 1 is 1.08 bits per heavy atom. The van der Waals surface area contributed by atoms with Gasteiger partial charge in [0.15, 0.2) is 0 Å². The van der Waals surface area contributed by atoms with Crippen molar-refractivity contribution >= 4 is 0 Å². The lowest BCUT2D eigenvalue weighted by atomic mass is 9.48. The average molecular weight is 181 g/mol. The normalized spacial score (nSPS) is 41.8. The van der Waals surface area contributed by atoms with Gasteiger partial charge in [-0.05, 0) is 36.5 Å². The maximum atomic E-state index is 3.68. The number of hydrogen-bond acceptors (Lipinski definition) is 1. The molecule has 0 saturated heterocycles. The molecule has 3 saturated carbocycles. The molecule has 0 aromatic carbocycles. The van der Waals surface area contributed by atoms with Crippen LogP contribution in [0.1, 0.15) is 47.0 Å². The maximum Gasteiger partial charge on any atom is 0.00751 e.